The molecule has 1 N–H and O–H groups in total. The summed E-state index contributed by atoms with van der Waals surface area (Å²) in [6.45, 7) is 2.22. The molecule has 2 aromatic carbocycles. The first-order valence-electron chi connectivity index (χ1n) is 8.31. The van der Waals surface area contributed by atoms with Gasteiger partial charge in [0, 0.05) is 12.0 Å². The lowest BCUT2D eigenvalue weighted by Gasteiger charge is -2.31. The molecule has 1 aliphatic rings. The van der Waals surface area contributed by atoms with Crippen molar-refractivity contribution in [3.05, 3.63) is 71.8 Å². The highest BCUT2D eigenvalue weighted by atomic mass is 16.1. The van der Waals surface area contributed by atoms with Gasteiger partial charge in [-0.3, -0.25) is 4.79 Å². The Bertz CT molecular complexity index is 588. The number of carbonyl (C=O) groups excluding carboxylic acids is 1. The van der Waals surface area contributed by atoms with Gasteiger partial charge in [-0.15, -0.1) is 0 Å². The minimum atomic E-state index is -0.0123. The van der Waals surface area contributed by atoms with Crippen molar-refractivity contribution in [3.8, 4) is 0 Å². The van der Waals surface area contributed by atoms with Crippen LogP contribution in [0, 0.1) is 0 Å². The van der Waals surface area contributed by atoms with Crippen LogP contribution in [-0.4, -0.2) is 18.9 Å². The molecule has 1 aliphatic heterocycles. The fraction of sp³-hybridized carbons (Fsp3) is 0.350. The largest absolute Gasteiger partial charge is 0.322 e. The lowest BCUT2D eigenvalue weighted by atomic mass is 9.94. The third kappa shape index (κ3) is 3.63. The van der Waals surface area contributed by atoms with Gasteiger partial charge >= 0.3 is 0 Å². The Kier molecular flexibility index (Phi) is 5.02. The van der Waals surface area contributed by atoms with Gasteiger partial charge < -0.3 is 4.90 Å². The first kappa shape index (κ1) is 15.0. The number of likely N-dealkylation sites (tertiary alicyclic amines) is 1. The monoisotopic (exact) mass is 294 g/mol. The number of piperidine rings is 1. The second kappa shape index (κ2) is 7.37. The van der Waals surface area contributed by atoms with Crippen LogP contribution in [0.1, 0.15) is 36.4 Å². The van der Waals surface area contributed by atoms with E-state index in [1.165, 1.54) is 29.7 Å². The van der Waals surface area contributed by atoms with E-state index in [1.807, 2.05) is 48.5 Å². The fourth-order valence-corrected chi connectivity index (χ4v) is 3.49. The zero-order valence-corrected chi connectivity index (χ0v) is 13.0. The van der Waals surface area contributed by atoms with Crippen LogP contribution in [0.5, 0.6) is 0 Å². The van der Waals surface area contributed by atoms with Crippen LogP contribution in [0.2, 0.25) is 0 Å². The van der Waals surface area contributed by atoms with Crippen LogP contribution in [-0.2, 0) is 11.2 Å². The normalized spacial score (nSPS) is 17.1. The molecular formula is C20H24NO+. The molecule has 22 heavy (non-hydrogen) atoms. The SMILES string of the molecule is O=C(Cc1ccccc1)[C@H](c1ccccc1)[NH+]1CCCCC1. The Labute approximate surface area is 132 Å². The summed E-state index contributed by atoms with van der Waals surface area (Å²) in [6, 6.07) is 20.4. The van der Waals surface area contributed by atoms with Crippen LogP contribution in [0.4, 0.5) is 0 Å². The van der Waals surface area contributed by atoms with Crippen LogP contribution in [0.15, 0.2) is 60.7 Å². The molecule has 0 radical (unpaired) electrons. The molecule has 2 nitrogen and oxygen atoms in total. The Morgan fingerprint density at radius 3 is 2.09 bits per heavy atom. The van der Waals surface area contributed by atoms with Crippen molar-refractivity contribution in [1.29, 1.82) is 0 Å². The highest BCUT2D eigenvalue weighted by Crippen LogP contribution is 2.15. The van der Waals surface area contributed by atoms with Crippen molar-refractivity contribution in [2.45, 2.75) is 31.7 Å². The van der Waals surface area contributed by atoms with Crippen molar-refractivity contribution >= 4 is 5.78 Å². The molecular weight excluding hydrogens is 270 g/mol. The summed E-state index contributed by atoms with van der Waals surface area (Å²) in [6.07, 6.45) is 4.30. The number of rotatable bonds is 5. The van der Waals surface area contributed by atoms with E-state index in [0.717, 1.165) is 18.7 Å². The molecule has 3 rings (SSSR count). The predicted molar refractivity (Wildman–Crippen MR) is 88.9 cm³/mol. The van der Waals surface area contributed by atoms with E-state index in [1.54, 1.807) is 0 Å². The lowest BCUT2D eigenvalue weighted by Crippen LogP contribution is -3.14. The molecule has 0 bridgehead atoms. The van der Waals surface area contributed by atoms with Crippen LogP contribution in [0.3, 0.4) is 0 Å². The van der Waals surface area contributed by atoms with Crippen molar-refractivity contribution in [2.75, 3.05) is 13.1 Å². The molecule has 0 aliphatic carbocycles. The molecule has 0 spiro atoms. The van der Waals surface area contributed by atoms with Crippen LogP contribution in [0.25, 0.3) is 0 Å². The number of hydrogen-bond donors (Lipinski definition) is 1. The number of benzene rings is 2. The molecule has 0 aromatic heterocycles. The molecule has 0 saturated carbocycles. The lowest BCUT2D eigenvalue weighted by molar-refractivity contribution is -0.926. The van der Waals surface area contributed by atoms with E-state index in [0.29, 0.717) is 12.2 Å². The summed E-state index contributed by atoms with van der Waals surface area (Å²) in [4.78, 5) is 14.4. The summed E-state index contributed by atoms with van der Waals surface area (Å²) in [5.74, 6) is 0.342. The minimum Gasteiger partial charge on any atom is -0.322 e. The summed E-state index contributed by atoms with van der Waals surface area (Å²) in [5, 5.41) is 0. The maximum atomic E-state index is 13.0. The maximum absolute atomic E-state index is 13.0. The Hall–Kier alpha value is -1.93. The van der Waals surface area contributed by atoms with Gasteiger partial charge in [-0.05, 0) is 24.8 Å². The van der Waals surface area contributed by atoms with Gasteiger partial charge in [0.2, 0.25) is 0 Å². The van der Waals surface area contributed by atoms with Crippen molar-refractivity contribution in [3.63, 3.8) is 0 Å². The Morgan fingerprint density at radius 2 is 1.45 bits per heavy atom. The van der Waals surface area contributed by atoms with Gasteiger partial charge in [0.15, 0.2) is 11.8 Å². The van der Waals surface area contributed by atoms with E-state index in [-0.39, 0.29) is 6.04 Å². The van der Waals surface area contributed by atoms with E-state index in [2.05, 4.69) is 12.1 Å². The second-order valence-electron chi connectivity index (χ2n) is 6.19. The molecule has 1 heterocycles. The smallest absolute Gasteiger partial charge is 0.198 e. The molecule has 2 heteroatoms. The average Bonchev–Trinajstić information content (AvgIpc) is 2.58. The summed E-state index contributed by atoms with van der Waals surface area (Å²) < 4.78 is 0. The van der Waals surface area contributed by atoms with E-state index < -0.39 is 0 Å². The van der Waals surface area contributed by atoms with E-state index >= 15 is 0 Å². The van der Waals surface area contributed by atoms with E-state index in [4.69, 9.17) is 0 Å². The first-order valence-corrected chi connectivity index (χ1v) is 8.31. The number of quaternary nitrogens is 1. The third-order valence-electron chi connectivity index (χ3n) is 4.58. The predicted octanol–water partition coefficient (Wildman–Crippen LogP) is 2.61. The molecule has 114 valence electrons. The molecule has 2 aromatic rings. The van der Waals surface area contributed by atoms with Crippen LogP contribution < -0.4 is 4.90 Å². The van der Waals surface area contributed by atoms with Crippen LogP contribution >= 0.6 is 0 Å². The first-order chi connectivity index (χ1) is 10.8. The topological polar surface area (TPSA) is 21.5 Å². The number of hydrogen-bond acceptors (Lipinski definition) is 1. The number of ketones is 1. The second-order valence-corrected chi connectivity index (χ2v) is 6.19. The average molecular weight is 294 g/mol. The highest BCUT2D eigenvalue weighted by molar-refractivity contribution is 5.86. The number of Topliss-reactive ketones (excluding diaryl/α,β-unsaturated/α-hetero) is 1. The van der Waals surface area contributed by atoms with Crippen molar-refractivity contribution < 1.29 is 9.69 Å². The van der Waals surface area contributed by atoms with Gasteiger partial charge in [-0.25, -0.2) is 0 Å². The molecule has 0 unspecified atom stereocenters. The van der Waals surface area contributed by atoms with Crippen molar-refractivity contribution in [1.82, 2.24) is 0 Å². The zero-order chi connectivity index (χ0) is 15.2. The van der Waals surface area contributed by atoms with Gasteiger partial charge in [0.25, 0.3) is 0 Å². The Morgan fingerprint density at radius 1 is 0.864 bits per heavy atom. The van der Waals surface area contributed by atoms with Gasteiger partial charge in [0.1, 0.15) is 0 Å². The molecule has 0 amide bonds. The zero-order valence-electron chi connectivity index (χ0n) is 13.0. The molecule has 1 atom stereocenters. The molecule has 1 fully saturated rings. The van der Waals surface area contributed by atoms with Gasteiger partial charge in [0.05, 0.1) is 13.1 Å². The van der Waals surface area contributed by atoms with Gasteiger partial charge in [-0.1, -0.05) is 60.7 Å². The van der Waals surface area contributed by atoms with Gasteiger partial charge in [-0.2, -0.15) is 0 Å². The number of nitrogens with one attached hydrogen (secondary N) is 1. The van der Waals surface area contributed by atoms with Crippen molar-refractivity contribution in [2.24, 2.45) is 0 Å². The standard InChI is InChI=1S/C20H23NO/c22-19(16-17-10-4-1-5-11-17)20(18-12-6-2-7-13-18)21-14-8-3-9-15-21/h1-2,4-7,10-13,20H,3,8-9,14-16H2/p+1/t20-/m0/s1. The Balaban J connectivity index is 1.82. The molecule has 1 saturated heterocycles. The highest BCUT2D eigenvalue weighted by Gasteiger charge is 2.31. The maximum Gasteiger partial charge on any atom is 0.198 e. The summed E-state index contributed by atoms with van der Waals surface area (Å²) in [5.41, 5.74) is 2.28. The fourth-order valence-electron chi connectivity index (χ4n) is 3.49. The third-order valence-corrected chi connectivity index (χ3v) is 4.58. The number of carbonyl (C=O) groups is 1. The minimum absolute atomic E-state index is 0.0123. The summed E-state index contributed by atoms with van der Waals surface area (Å²) in [7, 11) is 0. The van der Waals surface area contributed by atoms with E-state index in [9.17, 15) is 4.79 Å². The summed E-state index contributed by atoms with van der Waals surface area (Å²) >= 11 is 0. The quantitative estimate of drug-likeness (QED) is 0.899.